The van der Waals surface area contributed by atoms with Gasteiger partial charge in [-0.2, -0.15) is 0 Å². The standard InChI is InChI=1S/C21H36O3/c1-4-5-6-14-17-21(24-20(3)23)18-15-12-10-8-7-9-11-13-16-19(2)22/h7-10,21H,4-6,11-18H2,1-3H3/b9-7+,10-8+. The van der Waals surface area contributed by atoms with Crippen LogP contribution >= 0.6 is 0 Å². The molecule has 0 spiro atoms. The van der Waals surface area contributed by atoms with Gasteiger partial charge in [-0.3, -0.25) is 4.79 Å². The fourth-order valence-corrected chi connectivity index (χ4v) is 2.58. The summed E-state index contributed by atoms with van der Waals surface area (Å²) in [7, 11) is 0. The van der Waals surface area contributed by atoms with Crippen molar-refractivity contribution in [3.63, 3.8) is 0 Å². The molecule has 0 aromatic rings. The van der Waals surface area contributed by atoms with E-state index in [1.807, 2.05) is 0 Å². The summed E-state index contributed by atoms with van der Waals surface area (Å²) in [5.74, 6) is 0.0931. The maximum Gasteiger partial charge on any atom is 0.302 e. The van der Waals surface area contributed by atoms with E-state index in [9.17, 15) is 9.59 Å². The first-order chi connectivity index (χ1) is 11.6. The van der Waals surface area contributed by atoms with Gasteiger partial charge in [0.25, 0.3) is 0 Å². The fourth-order valence-electron chi connectivity index (χ4n) is 2.58. The van der Waals surface area contributed by atoms with Gasteiger partial charge in [0.2, 0.25) is 0 Å². The van der Waals surface area contributed by atoms with Crippen LogP contribution < -0.4 is 0 Å². The molecule has 0 N–H and O–H groups in total. The Kier molecular flexibility index (Phi) is 15.5. The van der Waals surface area contributed by atoms with E-state index in [-0.39, 0.29) is 17.9 Å². The van der Waals surface area contributed by atoms with E-state index in [1.54, 1.807) is 6.92 Å². The van der Waals surface area contributed by atoms with Gasteiger partial charge in [-0.15, -0.1) is 0 Å². The summed E-state index contributed by atoms with van der Waals surface area (Å²) in [6.45, 7) is 5.33. The van der Waals surface area contributed by atoms with Crippen LogP contribution in [0.1, 0.15) is 91.4 Å². The molecule has 0 saturated carbocycles. The highest BCUT2D eigenvalue weighted by molar-refractivity contribution is 5.75. The molecule has 1 atom stereocenters. The van der Waals surface area contributed by atoms with Crippen LogP contribution in [-0.2, 0) is 14.3 Å². The summed E-state index contributed by atoms with van der Waals surface area (Å²) in [5, 5.41) is 0. The molecule has 3 heteroatoms. The molecule has 0 rings (SSSR count). The maximum absolute atomic E-state index is 11.2. The lowest BCUT2D eigenvalue weighted by molar-refractivity contribution is -0.147. The Morgan fingerprint density at radius 1 is 0.875 bits per heavy atom. The van der Waals surface area contributed by atoms with Crippen molar-refractivity contribution in [1.82, 2.24) is 0 Å². The summed E-state index contributed by atoms with van der Waals surface area (Å²) in [4.78, 5) is 22.0. The minimum Gasteiger partial charge on any atom is -0.463 e. The molecule has 0 radical (unpaired) electrons. The number of rotatable bonds is 15. The Labute approximate surface area is 148 Å². The fraction of sp³-hybridized carbons (Fsp3) is 0.714. The third-order valence-corrected chi connectivity index (χ3v) is 3.89. The summed E-state index contributed by atoms with van der Waals surface area (Å²) < 4.78 is 5.42. The normalized spacial score (nSPS) is 12.8. The van der Waals surface area contributed by atoms with E-state index in [0.29, 0.717) is 6.42 Å². The minimum atomic E-state index is -0.167. The molecule has 0 bridgehead atoms. The Balaban J connectivity index is 3.80. The van der Waals surface area contributed by atoms with Gasteiger partial charge in [-0.05, 0) is 51.9 Å². The lowest BCUT2D eigenvalue weighted by atomic mass is 10.0. The Morgan fingerprint density at radius 2 is 1.50 bits per heavy atom. The van der Waals surface area contributed by atoms with Gasteiger partial charge in [0.05, 0.1) is 0 Å². The number of carbonyl (C=O) groups is 2. The zero-order valence-electron chi connectivity index (χ0n) is 15.9. The molecule has 0 aromatic carbocycles. The molecule has 0 aliphatic heterocycles. The number of ketones is 1. The highest BCUT2D eigenvalue weighted by Gasteiger charge is 2.10. The van der Waals surface area contributed by atoms with Crippen LogP contribution in [0, 0.1) is 0 Å². The Bertz CT molecular complexity index is 383. The van der Waals surface area contributed by atoms with Crippen molar-refractivity contribution < 1.29 is 14.3 Å². The highest BCUT2D eigenvalue weighted by atomic mass is 16.5. The second kappa shape index (κ2) is 16.5. The number of allylic oxidation sites excluding steroid dienone is 4. The predicted octanol–water partition coefficient (Wildman–Crippen LogP) is 5.93. The van der Waals surface area contributed by atoms with Crippen LogP contribution in [0.5, 0.6) is 0 Å². The van der Waals surface area contributed by atoms with Crippen LogP contribution in [-0.4, -0.2) is 17.9 Å². The first-order valence-electron chi connectivity index (χ1n) is 9.54. The summed E-state index contributed by atoms with van der Waals surface area (Å²) in [5.41, 5.74) is 0. The van der Waals surface area contributed by atoms with Crippen molar-refractivity contribution in [2.45, 2.75) is 97.5 Å². The maximum atomic E-state index is 11.2. The topological polar surface area (TPSA) is 43.4 Å². The van der Waals surface area contributed by atoms with E-state index in [2.05, 4.69) is 31.2 Å². The predicted molar refractivity (Wildman–Crippen MR) is 101 cm³/mol. The van der Waals surface area contributed by atoms with Crippen LogP contribution in [0.15, 0.2) is 24.3 Å². The third kappa shape index (κ3) is 17.0. The lowest BCUT2D eigenvalue weighted by Gasteiger charge is -2.16. The van der Waals surface area contributed by atoms with Gasteiger partial charge < -0.3 is 9.53 Å². The van der Waals surface area contributed by atoms with Crippen molar-refractivity contribution in [3.8, 4) is 0 Å². The molecule has 0 aliphatic carbocycles. The van der Waals surface area contributed by atoms with Crippen LogP contribution in [0.25, 0.3) is 0 Å². The molecule has 3 nitrogen and oxygen atoms in total. The van der Waals surface area contributed by atoms with Gasteiger partial charge in [-0.25, -0.2) is 0 Å². The molecule has 0 fully saturated rings. The number of ether oxygens (including phenoxy) is 1. The zero-order valence-corrected chi connectivity index (χ0v) is 15.9. The number of hydrogen-bond donors (Lipinski definition) is 0. The van der Waals surface area contributed by atoms with Crippen LogP contribution in [0.2, 0.25) is 0 Å². The van der Waals surface area contributed by atoms with Gasteiger partial charge in [0.1, 0.15) is 11.9 Å². The highest BCUT2D eigenvalue weighted by Crippen LogP contribution is 2.14. The van der Waals surface area contributed by atoms with E-state index in [0.717, 1.165) is 44.9 Å². The smallest absolute Gasteiger partial charge is 0.302 e. The number of esters is 1. The van der Waals surface area contributed by atoms with Gasteiger partial charge in [0, 0.05) is 13.3 Å². The molecular formula is C21H36O3. The van der Waals surface area contributed by atoms with E-state index >= 15 is 0 Å². The molecular weight excluding hydrogens is 300 g/mol. The average molecular weight is 337 g/mol. The first kappa shape index (κ1) is 22.6. The minimum absolute atomic E-state index is 0.0786. The number of hydrogen-bond acceptors (Lipinski definition) is 3. The quantitative estimate of drug-likeness (QED) is 0.211. The summed E-state index contributed by atoms with van der Waals surface area (Å²) in [6, 6.07) is 0. The molecule has 0 aromatic heterocycles. The largest absolute Gasteiger partial charge is 0.463 e. The third-order valence-electron chi connectivity index (χ3n) is 3.89. The molecule has 0 aliphatic rings. The average Bonchev–Trinajstić information content (AvgIpc) is 2.52. The molecule has 1 unspecified atom stereocenters. The van der Waals surface area contributed by atoms with Crippen molar-refractivity contribution >= 4 is 11.8 Å². The number of unbranched alkanes of at least 4 members (excludes halogenated alkanes) is 5. The van der Waals surface area contributed by atoms with E-state index < -0.39 is 0 Å². The lowest BCUT2D eigenvalue weighted by Crippen LogP contribution is -2.16. The van der Waals surface area contributed by atoms with Gasteiger partial charge >= 0.3 is 5.97 Å². The zero-order chi connectivity index (χ0) is 18.0. The van der Waals surface area contributed by atoms with Gasteiger partial charge in [0.15, 0.2) is 0 Å². The second-order valence-electron chi connectivity index (χ2n) is 6.46. The van der Waals surface area contributed by atoms with Crippen molar-refractivity contribution in [2.75, 3.05) is 0 Å². The molecule has 24 heavy (non-hydrogen) atoms. The molecule has 0 heterocycles. The van der Waals surface area contributed by atoms with Crippen LogP contribution in [0.4, 0.5) is 0 Å². The second-order valence-corrected chi connectivity index (χ2v) is 6.46. The molecule has 0 saturated heterocycles. The Morgan fingerprint density at radius 3 is 2.08 bits per heavy atom. The molecule has 138 valence electrons. The Hall–Kier alpha value is -1.38. The van der Waals surface area contributed by atoms with Crippen molar-refractivity contribution in [1.29, 1.82) is 0 Å². The first-order valence-corrected chi connectivity index (χ1v) is 9.54. The molecule has 0 amide bonds. The monoisotopic (exact) mass is 336 g/mol. The summed E-state index contributed by atoms with van der Waals surface area (Å²) >= 11 is 0. The van der Waals surface area contributed by atoms with Crippen LogP contribution in [0.3, 0.4) is 0 Å². The van der Waals surface area contributed by atoms with E-state index in [4.69, 9.17) is 4.74 Å². The number of Topliss-reactive ketones (excluding diaryl/α,β-unsaturated/α-hetero) is 1. The van der Waals surface area contributed by atoms with Gasteiger partial charge in [-0.1, -0.05) is 50.5 Å². The summed E-state index contributed by atoms with van der Waals surface area (Å²) in [6.07, 6.45) is 19.8. The number of carbonyl (C=O) groups excluding carboxylic acids is 2. The van der Waals surface area contributed by atoms with Crippen molar-refractivity contribution in [3.05, 3.63) is 24.3 Å². The SMILES string of the molecule is CCCCCCC(CCC/C=C/C=C/CCCC(C)=O)OC(C)=O. The van der Waals surface area contributed by atoms with Crippen molar-refractivity contribution in [2.24, 2.45) is 0 Å². The van der Waals surface area contributed by atoms with E-state index in [1.165, 1.54) is 26.2 Å².